The summed E-state index contributed by atoms with van der Waals surface area (Å²) in [6.45, 7) is 8.31. The summed E-state index contributed by atoms with van der Waals surface area (Å²) in [7, 11) is 0. The molecule has 20 heavy (non-hydrogen) atoms. The van der Waals surface area contributed by atoms with Gasteiger partial charge in [0.25, 0.3) is 5.91 Å². The molecule has 2 rings (SSSR count). The molecular formula is C15H19BrN2OS. The third-order valence-electron chi connectivity index (χ3n) is 3.54. The van der Waals surface area contributed by atoms with Crippen LogP contribution in [0, 0.1) is 5.41 Å². The van der Waals surface area contributed by atoms with Crippen LogP contribution >= 0.6 is 27.3 Å². The Morgan fingerprint density at radius 3 is 2.65 bits per heavy atom. The zero-order valence-corrected chi connectivity index (χ0v) is 14.5. The van der Waals surface area contributed by atoms with E-state index in [1.165, 1.54) is 11.3 Å². The first-order chi connectivity index (χ1) is 9.20. The van der Waals surface area contributed by atoms with Crippen molar-refractivity contribution in [3.05, 3.63) is 27.5 Å². The maximum absolute atomic E-state index is 12.4. The summed E-state index contributed by atoms with van der Waals surface area (Å²) >= 11 is 4.86. The van der Waals surface area contributed by atoms with E-state index in [0.29, 0.717) is 10.6 Å². The van der Waals surface area contributed by atoms with Gasteiger partial charge in [0.2, 0.25) is 0 Å². The van der Waals surface area contributed by atoms with E-state index in [4.69, 9.17) is 5.73 Å². The summed E-state index contributed by atoms with van der Waals surface area (Å²) in [5, 5.41) is 3.96. The van der Waals surface area contributed by atoms with Gasteiger partial charge in [-0.3, -0.25) is 4.79 Å². The third-order valence-corrected chi connectivity index (χ3v) is 5.22. The summed E-state index contributed by atoms with van der Waals surface area (Å²) in [5.41, 5.74) is 6.70. The van der Waals surface area contributed by atoms with E-state index in [1.807, 2.05) is 25.1 Å². The minimum Gasteiger partial charge on any atom is -0.397 e. The number of hydrogen-bond acceptors (Lipinski definition) is 3. The fourth-order valence-electron chi connectivity index (χ4n) is 1.74. The third kappa shape index (κ3) is 2.99. The van der Waals surface area contributed by atoms with Crippen molar-refractivity contribution >= 4 is 48.9 Å². The predicted octanol–water partition coefficient (Wildman–Crippen LogP) is 4.41. The van der Waals surface area contributed by atoms with Crippen molar-refractivity contribution in [1.29, 1.82) is 0 Å². The second kappa shape index (κ2) is 5.37. The van der Waals surface area contributed by atoms with E-state index in [-0.39, 0.29) is 17.4 Å². The highest BCUT2D eigenvalue weighted by atomic mass is 79.9. The fraction of sp³-hybridized carbons (Fsp3) is 0.400. The monoisotopic (exact) mass is 354 g/mol. The quantitative estimate of drug-likeness (QED) is 0.838. The second-order valence-corrected chi connectivity index (χ2v) is 8.01. The van der Waals surface area contributed by atoms with Crippen molar-refractivity contribution in [2.24, 2.45) is 5.41 Å². The van der Waals surface area contributed by atoms with Gasteiger partial charge >= 0.3 is 0 Å². The van der Waals surface area contributed by atoms with Crippen LogP contribution in [0.1, 0.15) is 37.4 Å². The molecule has 108 valence electrons. The molecule has 1 aromatic carbocycles. The van der Waals surface area contributed by atoms with Crippen molar-refractivity contribution in [3.8, 4) is 0 Å². The Balaban J connectivity index is 2.34. The molecule has 0 radical (unpaired) electrons. The number of nitrogen functional groups attached to an aromatic ring is 1. The molecule has 2 aromatic rings. The first-order valence-corrected chi connectivity index (χ1v) is 8.09. The van der Waals surface area contributed by atoms with E-state index < -0.39 is 0 Å². The van der Waals surface area contributed by atoms with Gasteiger partial charge in [0.05, 0.1) is 5.69 Å². The summed E-state index contributed by atoms with van der Waals surface area (Å²) in [6, 6.07) is 5.96. The van der Waals surface area contributed by atoms with Crippen LogP contribution in [-0.4, -0.2) is 11.9 Å². The summed E-state index contributed by atoms with van der Waals surface area (Å²) in [4.78, 5) is 13.0. The number of amides is 1. The van der Waals surface area contributed by atoms with Gasteiger partial charge < -0.3 is 11.1 Å². The van der Waals surface area contributed by atoms with Gasteiger partial charge in [0, 0.05) is 20.6 Å². The molecule has 1 heterocycles. The lowest BCUT2D eigenvalue weighted by Gasteiger charge is -2.27. The first kappa shape index (κ1) is 15.3. The number of carbonyl (C=O) groups excluding carboxylic acids is 1. The predicted molar refractivity (Wildman–Crippen MR) is 90.3 cm³/mol. The van der Waals surface area contributed by atoms with Gasteiger partial charge in [-0.25, -0.2) is 0 Å². The van der Waals surface area contributed by atoms with Crippen molar-refractivity contribution in [2.75, 3.05) is 5.73 Å². The molecule has 0 fully saturated rings. The number of halogens is 1. The second-order valence-electron chi connectivity index (χ2n) is 6.05. The van der Waals surface area contributed by atoms with Crippen molar-refractivity contribution in [3.63, 3.8) is 0 Å². The van der Waals surface area contributed by atoms with E-state index in [2.05, 4.69) is 42.0 Å². The summed E-state index contributed by atoms with van der Waals surface area (Å²) in [6.07, 6.45) is 0. The summed E-state index contributed by atoms with van der Waals surface area (Å²) in [5.74, 6) is -0.0951. The molecule has 1 unspecified atom stereocenters. The van der Waals surface area contributed by atoms with Crippen LogP contribution in [0.25, 0.3) is 10.1 Å². The molecule has 0 saturated carbocycles. The first-order valence-electron chi connectivity index (χ1n) is 6.48. The Hall–Kier alpha value is -1.07. The highest BCUT2D eigenvalue weighted by molar-refractivity contribution is 9.10. The molecule has 0 aliphatic heterocycles. The van der Waals surface area contributed by atoms with Crippen molar-refractivity contribution < 1.29 is 4.79 Å². The molecule has 1 aromatic heterocycles. The number of carbonyl (C=O) groups is 1. The zero-order valence-electron chi connectivity index (χ0n) is 12.1. The lowest BCUT2D eigenvalue weighted by Crippen LogP contribution is -2.41. The molecule has 0 aliphatic carbocycles. The Labute approximate surface area is 131 Å². The maximum Gasteiger partial charge on any atom is 0.263 e. The van der Waals surface area contributed by atoms with Crippen LogP contribution < -0.4 is 11.1 Å². The molecule has 3 N–H and O–H groups in total. The van der Waals surface area contributed by atoms with E-state index >= 15 is 0 Å². The van der Waals surface area contributed by atoms with Gasteiger partial charge in [-0.05, 0) is 30.5 Å². The van der Waals surface area contributed by atoms with E-state index in [0.717, 1.165) is 14.6 Å². The number of thiophene rings is 1. The highest BCUT2D eigenvalue weighted by Crippen LogP contribution is 2.35. The van der Waals surface area contributed by atoms with Crippen LogP contribution in [0.4, 0.5) is 5.69 Å². The number of fused-ring (bicyclic) bond motifs is 1. The molecular weight excluding hydrogens is 336 g/mol. The average molecular weight is 355 g/mol. The van der Waals surface area contributed by atoms with Crippen LogP contribution in [0.2, 0.25) is 0 Å². The normalized spacial score (nSPS) is 13.4. The molecule has 0 spiro atoms. The number of nitrogens with two attached hydrogens (primary N) is 1. The molecule has 5 heteroatoms. The number of benzene rings is 1. The fourth-order valence-corrected chi connectivity index (χ4v) is 3.10. The minimum absolute atomic E-state index is 0.0180. The standard InChI is InChI=1S/C15H19BrN2OS/c1-8(15(2,3)4)18-14(19)13-12(17)10-7-9(16)5-6-11(10)20-13/h5-8H,17H2,1-4H3,(H,18,19). The van der Waals surface area contributed by atoms with Gasteiger partial charge in [-0.15, -0.1) is 11.3 Å². The molecule has 3 nitrogen and oxygen atoms in total. The van der Waals surface area contributed by atoms with Crippen molar-refractivity contribution in [1.82, 2.24) is 5.32 Å². The van der Waals surface area contributed by atoms with Crippen LogP contribution in [-0.2, 0) is 0 Å². The number of rotatable bonds is 2. The molecule has 0 bridgehead atoms. The number of anilines is 1. The topological polar surface area (TPSA) is 55.1 Å². The van der Waals surface area contributed by atoms with Gasteiger partial charge in [-0.2, -0.15) is 0 Å². The Bertz CT molecular complexity index is 658. The number of nitrogens with one attached hydrogen (secondary N) is 1. The van der Waals surface area contributed by atoms with Crippen LogP contribution in [0.15, 0.2) is 22.7 Å². The van der Waals surface area contributed by atoms with E-state index in [9.17, 15) is 4.79 Å². The highest BCUT2D eigenvalue weighted by Gasteiger charge is 2.24. The Morgan fingerprint density at radius 2 is 2.05 bits per heavy atom. The Morgan fingerprint density at radius 1 is 1.40 bits per heavy atom. The van der Waals surface area contributed by atoms with Crippen molar-refractivity contribution in [2.45, 2.75) is 33.7 Å². The van der Waals surface area contributed by atoms with Gasteiger partial charge in [0.15, 0.2) is 0 Å². The SMILES string of the molecule is CC(NC(=O)c1sc2ccc(Br)cc2c1N)C(C)(C)C. The van der Waals surface area contributed by atoms with E-state index in [1.54, 1.807) is 0 Å². The van der Waals surface area contributed by atoms with Gasteiger partial charge in [-0.1, -0.05) is 36.7 Å². The average Bonchev–Trinajstić information content (AvgIpc) is 2.65. The number of hydrogen-bond donors (Lipinski definition) is 2. The lowest BCUT2D eigenvalue weighted by atomic mass is 9.88. The molecule has 0 aliphatic rings. The molecule has 0 saturated heterocycles. The Kier molecular flexibility index (Phi) is 4.12. The minimum atomic E-state index is -0.0951. The summed E-state index contributed by atoms with van der Waals surface area (Å²) < 4.78 is 1.99. The largest absolute Gasteiger partial charge is 0.397 e. The molecule has 1 amide bonds. The lowest BCUT2D eigenvalue weighted by molar-refractivity contribution is 0.0915. The van der Waals surface area contributed by atoms with Crippen LogP contribution in [0.3, 0.4) is 0 Å². The zero-order chi connectivity index (χ0) is 15.1. The molecule has 1 atom stereocenters. The van der Waals surface area contributed by atoms with Crippen LogP contribution in [0.5, 0.6) is 0 Å². The maximum atomic E-state index is 12.4. The smallest absolute Gasteiger partial charge is 0.263 e. The van der Waals surface area contributed by atoms with Gasteiger partial charge in [0.1, 0.15) is 4.88 Å².